The quantitative estimate of drug-likeness (QED) is 0.212. The molecule has 0 spiro atoms. The summed E-state index contributed by atoms with van der Waals surface area (Å²) in [5.74, 6) is -0.341. The van der Waals surface area contributed by atoms with Gasteiger partial charge in [-0.05, 0) is 53.4 Å². The number of carbonyl (C=O) groups excluding carboxylic acids is 3. The maximum absolute atomic E-state index is 14.6. The van der Waals surface area contributed by atoms with Crippen LogP contribution < -0.4 is 11.1 Å². The van der Waals surface area contributed by atoms with Crippen molar-refractivity contribution in [1.82, 2.24) is 34.9 Å². The molecule has 50 heavy (non-hydrogen) atoms. The molecule has 4 aromatic carbocycles. The Hall–Kier alpha value is -5.88. The third-order valence-electron chi connectivity index (χ3n) is 9.68. The molecule has 2 aliphatic heterocycles. The summed E-state index contributed by atoms with van der Waals surface area (Å²) in [5.41, 5.74) is 11.4. The number of likely N-dealkylation sites (N-methyl/N-ethyl adjacent to an activating group) is 1. The minimum Gasteiger partial charge on any atom is -0.508 e. The lowest BCUT2D eigenvalue weighted by Crippen LogP contribution is -2.78. The molecule has 12 heteroatoms. The van der Waals surface area contributed by atoms with E-state index in [1.54, 1.807) is 51.1 Å². The number of aromatic nitrogens is 2. The highest BCUT2D eigenvalue weighted by molar-refractivity contribution is 5.92. The highest BCUT2D eigenvalue weighted by Gasteiger charge is 2.54. The molecule has 3 heterocycles. The first kappa shape index (κ1) is 32.7. The highest BCUT2D eigenvalue weighted by Crippen LogP contribution is 2.33. The van der Waals surface area contributed by atoms with Crippen molar-refractivity contribution in [2.75, 3.05) is 19.3 Å². The number of urea groups is 1. The normalized spacial score (nSPS) is 19.6. The number of fused-ring (bicyclic) bond motifs is 2. The second-order valence-electron chi connectivity index (χ2n) is 13.0. The molecule has 2 saturated heterocycles. The van der Waals surface area contributed by atoms with Crippen molar-refractivity contribution in [3.8, 4) is 5.75 Å². The van der Waals surface area contributed by atoms with Crippen LogP contribution in [0.3, 0.4) is 0 Å². The fourth-order valence-electron chi connectivity index (χ4n) is 7.06. The number of piperazine rings is 1. The molecule has 3 atom stereocenters. The molecular formula is C38H40N8O4. The standard InChI is InChI=1S/C38H40N8O4/c1-25-36-45(35(48)24-42(2)46(36)38(50)40-20-27-8-4-3-5-9-27)34(18-26-13-16-31(47)17-14-26)37(49)43(25)22-28-12-15-29-21-41-44(33(29)19-28)23-30-10-6-7-11-32(30)39/h3-17,19,21,25,34,36,47H,18,20,22-24,39H2,1-2H3,(H,40,50)/t25-,34-,36-/m0/s1. The van der Waals surface area contributed by atoms with Gasteiger partial charge in [0.2, 0.25) is 11.8 Å². The molecule has 2 aliphatic rings. The zero-order valence-electron chi connectivity index (χ0n) is 28.0. The molecule has 2 fully saturated rings. The van der Waals surface area contributed by atoms with Crippen LogP contribution in [-0.4, -0.2) is 84.4 Å². The number of phenols is 1. The van der Waals surface area contributed by atoms with Gasteiger partial charge in [-0.3, -0.25) is 14.3 Å². The second kappa shape index (κ2) is 13.6. The molecule has 1 aromatic heterocycles. The van der Waals surface area contributed by atoms with Gasteiger partial charge in [0.25, 0.3) is 0 Å². The Morgan fingerprint density at radius 1 is 0.920 bits per heavy atom. The number of nitrogen functional groups attached to an aromatic ring is 1. The lowest BCUT2D eigenvalue weighted by Gasteiger charge is -2.57. The van der Waals surface area contributed by atoms with Gasteiger partial charge in [-0.15, -0.1) is 0 Å². The van der Waals surface area contributed by atoms with Gasteiger partial charge in [-0.1, -0.05) is 72.8 Å². The molecular weight excluding hydrogens is 632 g/mol. The molecule has 0 saturated carbocycles. The fourth-order valence-corrected chi connectivity index (χ4v) is 7.06. The first-order valence-corrected chi connectivity index (χ1v) is 16.7. The summed E-state index contributed by atoms with van der Waals surface area (Å²) < 4.78 is 1.90. The van der Waals surface area contributed by atoms with Crippen LogP contribution in [0.5, 0.6) is 5.75 Å². The zero-order valence-corrected chi connectivity index (χ0v) is 28.0. The maximum atomic E-state index is 14.6. The Balaban J connectivity index is 1.22. The van der Waals surface area contributed by atoms with E-state index < -0.39 is 18.2 Å². The third-order valence-corrected chi connectivity index (χ3v) is 9.68. The number of hydrogen-bond acceptors (Lipinski definition) is 7. The average molecular weight is 673 g/mol. The molecule has 7 rings (SSSR count). The van der Waals surface area contributed by atoms with E-state index in [9.17, 15) is 19.5 Å². The number of rotatable bonds is 8. The largest absolute Gasteiger partial charge is 0.508 e. The van der Waals surface area contributed by atoms with Gasteiger partial charge in [-0.2, -0.15) is 5.10 Å². The van der Waals surface area contributed by atoms with E-state index in [1.807, 2.05) is 90.6 Å². The van der Waals surface area contributed by atoms with Crippen molar-refractivity contribution in [3.05, 3.63) is 126 Å². The molecule has 5 aromatic rings. The van der Waals surface area contributed by atoms with E-state index in [1.165, 1.54) is 0 Å². The van der Waals surface area contributed by atoms with Crippen LogP contribution in [0.15, 0.2) is 103 Å². The number of para-hydroxylation sites is 1. The summed E-state index contributed by atoms with van der Waals surface area (Å²) in [4.78, 5) is 45.7. The van der Waals surface area contributed by atoms with Crippen molar-refractivity contribution in [1.29, 1.82) is 0 Å². The topological polar surface area (TPSA) is 140 Å². The summed E-state index contributed by atoms with van der Waals surface area (Å²) in [6.07, 6.45) is 1.26. The van der Waals surface area contributed by atoms with Crippen molar-refractivity contribution in [2.45, 2.75) is 51.2 Å². The minimum atomic E-state index is -0.873. The van der Waals surface area contributed by atoms with Gasteiger partial charge in [0, 0.05) is 37.6 Å². The van der Waals surface area contributed by atoms with E-state index >= 15 is 0 Å². The van der Waals surface area contributed by atoms with Gasteiger partial charge in [-0.25, -0.2) is 14.8 Å². The van der Waals surface area contributed by atoms with E-state index in [0.29, 0.717) is 18.8 Å². The summed E-state index contributed by atoms with van der Waals surface area (Å²) in [6, 6.07) is 28.1. The summed E-state index contributed by atoms with van der Waals surface area (Å²) in [7, 11) is 1.72. The summed E-state index contributed by atoms with van der Waals surface area (Å²) in [5, 5.41) is 21.7. The number of nitrogens with zero attached hydrogens (tertiary/aromatic N) is 6. The van der Waals surface area contributed by atoms with Crippen LogP contribution in [0.4, 0.5) is 10.5 Å². The Bertz CT molecular complexity index is 2030. The maximum Gasteiger partial charge on any atom is 0.334 e. The van der Waals surface area contributed by atoms with Crippen LogP contribution in [0.25, 0.3) is 10.9 Å². The third kappa shape index (κ3) is 6.32. The smallest absolute Gasteiger partial charge is 0.334 e. The number of carbonyl (C=O) groups is 3. The highest BCUT2D eigenvalue weighted by atomic mass is 16.3. The summed E-state index contributed by atoms with van der Waals surface area (Å²) >= 11 is 0. The number of phenolic OH excluding ortho intramolecular Hbond substituents is 1. The molecule has 4 amide bonds. The van der Waals surface area contributed by atoms with E-state index in [2.05, 4.69) is 10.4 Å². The van der Waals surface area contributed by atoms with Gasteiger partial charge in [0.05, 0.1) is 30.8 Å². The van der Waals surface area contributed by atoms with Crippen molar-refractivity contribution in [2.24, 2.45) is 0 Å². The Morgan fingerprint density at radius 2 is 1.64 bits per heavy atom. The Labute approximate surface area is 290 Å². The second-order valence-corrected chi connectivity index (χ2v) is 13.0. The van der Waals surface area contributed by atoms with E-state index in [0.717, 1.165) is 33.2 Å². The lowest BCUT2D eigenvalue weighted by atomic mass is 9.94. The number of nitrogens with two attached hydrogens (primary N) is 1. The van der Waals surface area contributed by atoms with Crippen molar-refractivity contribution >= 4 is 34.4 Å². The fraction of sp³-hybridized carbons (Fsp3) is 0.263. The molecule has 0 radical (unpaired) electrons. The van der Waals surface area contributed by atoms with Crippen LogP contribution in [0.1, 0.15) is 29.2 Å². The lowest BCUT2D eigenvalue weighted by molar-refractivity contribution is -0.196. The first-order chi connectivity index (χ1) is 24.2. The molecule has 256 valence electrons. The molecule has 0 aliphatic carbocycles. The van der Waals surface area contributed by atoms with E-state index in [4.69, 9.17) is 5.73 Å². The number of aromatic hydroxyl groups is 1. The predicted octanol–water partition coefficient (Wildman–Crippen LogP) is 3.94. The number of anilines is 1. The van der Waals surface area contributed by atoms with Crippen molar-refractivity contribution in [3.63, 3.8) is 0 Å². The molecule has 0 bridgehead atoms. The minimum absolute atomic E-state index is 0.0616. The molecule has 4 N–H and O–H groups in total. The number of benzene rings is 4. The van der Waals surface area contributed by atoms with Crippen molar-refractivity contribution < 1.29 is 19.5 Å². The van der Waals surface area contributed by atoms with Crippen LogP contribution >= 0.6 is 0 Å². The monoisotopic (exact) mass is 672 g/mol. The number of nitrogens with one attached hydrogen (secondary N) is 1. The molecule has 0 unspecified atom stereocenters. The number of amides is 4. The predicted molar refractivity (Wildman–Crippen MR) is 189 cm³/mol. The average Bonchev–Trinajstić information content (AvgIpc) is 3.51. The molecule has 12 nitrogen and oxygen atoms in total. The van der Waals surface area contributed by atoms with Gasteiger partial charge < -0.3 is 26.0 Å². The summed E-state index contributed by atoms with van der Waals surface area (Å²) in [6.45, 7) is 2.88. The zero-order chi connectivity index (χ0) is 34.9. The van der Waals surface area contributed by atoms with Crippen LogP contribution in [0.2, 0.25) is 0 Å². The van der Waals surface area contributed by atoms with Gasteiger partial charge in [0.1, 0.15) is 18.0 Å². The van der Waals surface area contributed by atoms with Crippen LogP contribution in [-0.2, 0) is 35.6 Å². The first-order valence-electron chi connectivity index (χ1n) is 16.7. The SMILES string of the molecule is C[C@H]1[C@H]2N(C(=O)CN(C)N2C(=O)NCc2ccccc2)[C@@H](Cc2ccc(O)cc2)C(=O)N1Cc1ccc2cnn(Cc3ccccc3N)c2c1. The number of hydrazine groups is 1. The van der Waals surface area contributed by atoms with E-state index in [-0.39, 0.29) is 43.1 Å². The Morgan fingerprint density at radius 3 is 2.40 bits per heavy atom. The van der Waals surface area contributed by atoms with Crippen LogP contribution in [0, 0.1) is 0 Å². The van der Waals surface area contributed by atoms with Gasteiger partial charge >= 0.3 is 6.03 Å². The van der Waals surface area contributed by atoms with Gasteiger partial charge in [0.15, 0.2) is 0 Å². The Kier molecular flexibility index (Phi) is 8.85. The number of hydrogen-bond donors (Lipinski definition) is 3.